The van der Waals surface area contributed by atoms with Gasteiger partial charge in [-0.2, -0.15) is 0 Å². The molecule has 0 spiro atoms. The van der Waals surface area contributed by atoms with E-state index in [0.29, 0.717) is 6.42 Å². The summed E-state index contributed by atoms with van der Waals surface area (Å²) in [5.41, 5.74) is 38.4. The fraction of sp³-hybridized carbons (Fsp3) is 1.00. The van der Waals surface area contributed by atoms with Gasteiger partial charge in [-0.05, 0) is 6.42 Å². The Hall–Kier alpha value is -0.760. The lowest BCUT2D eigenvalue weighted by Gasteiger charge is -2.49. The van der Waals surface area contributed by atoms with Crippen LogP contribution in [-0.4, -0.2) is 186 Å². The first-order valence-electron chi connectivity index (χ1n) is 16.6. The predicted molar refractivity (Wildman–Crippen MR) is 172 cm³/mol. The van der Waals surface area contributed by atoms with Gasteiger partial charge in [0.15, 0.2) is 18.9 Å². The van der Waals surface area contributed by atoms with Crippen LogP contribution in [0.15, 0.2) is 0 Å². The van der Waals surface area contributed by atoms with Crippen molar-refractivity contribution >= 4 is 0 Å². The van der Waals surface area contributed by atoms with Crippen LogP contribution >= 0.6 is 0 Å². The summed E-state index contributed by atoms with van der Waals surface area (Å²) in [6.45, 7) is 0.411. The average molecular weight is 713 g/mol. The van der Waals surface area contributed by atoms with Crippen LogP contribution in [-0.2, 0) is 61.6 Å². The Bertz CT molecular complexity index is 983. The highest BCUT2D eigenvalue weighted by Crippen LogP contribution is 2.36. The molecule has 19 atom stereocenters. The molecule has 19 nitrogen and oxygen atoms in total. The molecule has 0 amide bonds. The van der Waals surface area contributed by atoms with Gasteiger partial charge in [0.2, 0.25) is 0 Å². The monoisotopic (exact) mass is 712 g/mol. The fourth-order valence-electron chi connectivity index (χ4n) is 7.51. The molecule has 0 aromatic carbocycles. The van der Waals surface area contributed by atoms with Gasteiger partial charge in [0.05, 0.1) is 18.7 Å². The number of rotatable bonds is 16. The number of ether oxygens (including phenoxy) is 13. The Kier molecular flexibility index (Phi) is 15.8. The number of hydrogen-bond acceptors (Lipinski definition) is 19. The summed E-state index contributed by atoms with van der Waals surface area (Å²) in [6.07, 6.45) is -10.5. The average Bonchev–Trinajstić information content (AvgIpc) is 3.41. The maximum atomic E-state index is 6.69. The second-order valence-corrected chi connectivity index (χ2v) is 12.8. The van der Waals surface area contributed by atoms with Crippen LogP contribution in [0, 0.1) is 0 Å². The molecule has 4 fully saturated rings. The lowest BCUT2D eigenvalue weighted by molar-refractivity contribution is -0.312. The smallest absolute Gasteiger partial charge is 0.187 e. The van der Waals surface area contributed by atoms with E-state index < -0.39 is 116 Å². The zero-order chi connectivity index (χ0) is 36.0. The minimum atomic E-state index is -1.03. The first-order chi connectivity index (χ1) is 23.6. The number of methoxy groups -OCH3 is 7. The van der Waals surface area contributed by atoms with Gasteiger partial charge in [0.1, 0.15) is 73.2 Å². The van der Waals surface area contributed by atoms with E-state index in [1.807, 2.05) is 0 Å². The van der Waals surface area contributed by atoms with Crippen molar-refractivity contribution < 1.29 is 61.6 Å². The minimum Gasteiger partial charge on any atom is -0.382 e. The fourth-order valence-corrected chi connectivity index (χ4v) is 7.51. The summed E-state index contributed by atoms with van der Waals surface area (Å²) < 4.78 is 78.4. The predicted octanol–water partition coefficient (Wildman–Crippen LogP) is -4.32. The van der Waals surface area contributed by atoms with Gasteiger partial charge in [-0.3, -0.25) is 0 Å². The van der Waals surface area contributed by atoms with E-state index in [2.05, 4.69) is 0 Å². The van der Waals surface area contributed by atoms with E-state index >= 15 is 0 Å². The van der Waals surface area contributed by atoms with Crippen LogP contribution < -0.4 is 34.4 Å². The second kappa shape index (κ2) is 18.8. The maximum Gasteiger partial charge on any atom is 0.187 e. The summed E-state index contributed by atoms with van der Waals surface area (Å²) in [5, 5.41) is 0. The molecule has 0 aromatic heterocycles. The van der Waals surface area contributed by atoms with E-state index in [-0.39, 0.29) is 19.7 Å². The third kappa shape index (κ3) is 8.57. The summed E-state index contributed by atoms with van der Waals surface area (Å²) in [7, 11) is 10.8. The molecule has 1 aliphatic carbocycles. The van der Waals surface area contributed by atoms with E-state index in [1.165, 1.54) is 28.4 Å². The van der Waals surface area contributed by atoms with E-state index in [4.69, 9.17) is 96.0 Å². The highest BCUT2D eigenvalue weighted by atomic mass is 16.8. The molecule has 49 heavy (non-hydrogen) atoms. The largest absolute Gasteiger partial charge is 0.382 e. The quantitative estimate of drug-likeness (QED) is 0.0883. The molecule has 0 aromatic rings. The van der Waals surface area contributed by atoms with Crippen molar-refractivity contribution in [1.29, 1.82) is 0 Å². The number of hydrogen-bond donors (Lipinski definition) is 6. The molecular formula is C30H60N6O13. The lowest BCUT2D eigenvalue weighted by atomic mass is 9.84. The maximum absolute atomic E-state index is 6.69. The van der Waals surface area contributed by atoms with Crippen LogP contribution in [0.2, 0.25) is 0 Å². The zero-order valence-corrected chi connectivity index (χ0v) is 29.6. The van der Waals surface area contributed by atoms with Crippen LogP contribution in [0.25, 0.3) is 0 Å². The molecule has 19 heteroatoms. The first-order valence-corrected chi connectivity index (χ1v) is 16.6. The SMILES string of the molecule is COC[C@H]1O[C@@H](O[C@@H]2[C@@H](OC)[C@H](N)C[C@H](N)[C@H]2O[C@@H]2O[C@H](CN)[C@@H](OC)[C@H](OC)[C@H]2N)[C@H](OC)[C@@H]1O[C@H]1O[C@@H](CN)[C@@H](OC)[C@H](OC)[C@H]1N. The molecule has 288 valence electrons. The molecule has 3 aliphatic heterocycles. The summed E-state index contributed by atoms with van der Waals surface area (Å²) in [6, 6.07) is -2.61. The van der Waals surface area contributed by atoms with Gasteiger partial charge in [-0.1, -0.05) is 0 Å². The van der Waals surface area contributed by atoms with Gasteiger partial charge in [-0.15, -0.1) is 0 Å². The molecule has 0 radical (unpaired) electrons. The molecule has 0 bridgehead atoms. The molecule has 3 heterocycles. The Balaban J connectivity index is 1.59. The number of nitrogens with two attached hydrogens (primary N) is 6. The second-order valence-electron chi connectivity index (χ2n) is 12.8. The van der Waals surface area contributed by atoms with Crippen molar-refractivity contribution in [3.8, 4) is 0 Å². The van der Waals surface area contributed by atoms with Crippen LogP contribution in [0.1, 0.15) is 6.42 Å². The van der Waals surface area contributed by atoms with E-state index in [1.54, 1.807) is 21.3 Å². The third-order valence-electron chi connectivity index (χ3n) is 9.99. The summed E-state index contributed by atoms with van der Waals surface area (Å²) >= 11 is 0. The van der Waals surface area contributed by atoms with Crippen molar-refractivity contribution in [1.82, 2.24) is 0 Å². The van der Waals surface area contributed by atoms with Crippen molar-refractivity contribution in [2.45, 2.75) is 123 Å². The Morgan fingerprint density at radius 2 is 0.857 bits per heavy atom. The van der Waals surface area contributed by atoms with Crippen molar-refractivity contribution in [2.24, 2.45) is 34.4 Å². The van der Waals surface area contributed by atoms with Crippen LogP contribution in [0.3, 0.4) is 0 Å². The minimum absolute atomic E-state index is 0.128. The standard InChI is InChI=1S/C30H60N6O13/c1-37-11-16-23(48-29-18(36)25(42-6)22(40-4)15(10-32)45-29)27(43-7)30(46-16)49-26-19(38-2)12(33)8-13(34)20(26)47-28-17(35)24(41-5)21(39-3)14(9-31)44-28/h12-30H,8-11,31-36H2,1-7H3/t12-,13+,14-,15+,16-,17-,18-,19+,20-,21-,22-,23-,24-,25-,26-,27-,28+,29-,30+/m1/s1. The molecule has 12 N–H and O–H groups in total. The van der Waals surface area contributed by atoms with Crippen LogP contribution in [0.4, 0.5) is 0 Å². The highest BCUT2D eigenvalue weighted by Gasteiger charge is 2.56. The molecule has 1 saturated carbocycles. The van der Waals surface area contributed by atoms with Crippen molar-refractivity contribution in [3.05, 3.63) is 0 Å². The Morgan fingerprint density at radius 3 is 1.29 bits per heavy atom. The molecule has 4 rings (SSSR count). The van der Waals surface area contributed by atoms with E-state index in [0.717, 1.165) is 0 Å². The topological polar surface area (TPSA) is 276 Å². The van der Waals surface area contributed by atoms with Crippen molar-refractivity contribution in [2.75, 3.05) is 69.5 Å². The summed E-state index contributed by atoms with van der Waals surface area (Å²) in [5.74, 6) is 0. The van der Waals surface area contributed by atoms with E-state index in [9.17, 15) is 0 Å². The highest BCUT2D eigenvalue weighted by molar-refractivity contribution is 5.03. The summed E-state index contributed by atoms with van der Waals surface area (Å²) in [4.78, 5) is 0. The molecule has 0 unspecified atom stereocenters. The zero-order valence-electron chi connectivity index (χ0n) is 29.6. The van der Waals surface area contributed by atoms with Gasteiger partial charge in [0.25, 0.3) is 0 Å². The van der Waals surface area contributed by atoms with Gasteiger partial charge in [-0.25, -0.2) is 0 Å². The normalized spacial score (nSPS) is 47.8. The first kappa shape index (κ1) is 41.0. The van der Waals surface area contributed by atoms with Gasteiger partial charge >= 0.3 is 0 Å². The molecular weight excluding hydrogens is 652 g/mol. The third-order valence-corrected chi connectivity index (χ3v) is 9.99. The van der Waals surface area contributed by atoms with Gasteiger partial charge < -0.3 is 96.0 Å². The van der Waals surface area contributed by atoms with Gasteiger partial charge in [0, 0.05) is 74.9 Å². The van der Waals surface area contributed by atoms with Crippen molar-refractivity contribution in [3.63, 3.8) is 0 Å². The van der Waals surface area contributed by atoms with Crippen LogP contribution in [0.5, 0.6) is 0 Å². The Morgan fingerprint density at radius 1 is 0.449 bits per heavy atom. The molecule has 3 saturated heterocycles. The lowest BCUT2D eigenvalue weighted by Crippen LogP contribution is -2.69. The Labute approximate surface area is 288 Å². The molecule has 4 aliphatic rings.